The Morgan fingerprint density at radius 1 is 1.12 bits per heavy atom. The van der Waals surface area contributed by atoms with Crippen molar-refractivity contribution in [1.29, 1.82) is 0 Å². The predicted molar refractivity (Wildman–Crippen MR) is 63.1 cm³/mol. The number of benzene rings is 1. The summed E-state index contributed by atoms with van der Waals surface area (Å²) in [7, 11) is 0. The maximum absolute atomic E-state index is 12.0. The molecule has 2 rings (SSSR count). The molecule has 0 saturated carbocycles. The zero-order chi connectivity index (χ0) is 12.1. The highest BCUT2D eigenvalue weighted by Gasteiger charge is 2.08. The molecule has 86 valence electrons. The van der Waals surface area contributed by atoms with Crippen molar-refractivity contribution in [3.63, 3.8) is 0 Å². The molecule has 0 aliphatic rings. The number of nitrogens with zero attached hydrogens (tertiary/aromatic N) is 2. The van der Waals surface area contributed by atoms with Crippen LogP contribution in [0.1, 0.15) is 22.8 Å². The fourth-order valence-corrected chi connectivity index (χ4v) is 1.46. The van der Waals surface area contributed by atoms with Gasteiger partial charge in [0.1, 0.15) is 5.75 Å². The van der Waals surface area contributed by atoms with Crippen LogP contribution in [-0.2, 0) is 0 Å². The second-order valence-electron chi connectivity index (χ2n) is 3.42. The monoisotopic (exact) mass is 228 g/mol. The molecule has 0 N–H and O–H groups in total. The molecule has 0 aliphatic carbocycles. The summed E-state index contributed by atoms with van der Waals surface area (Å²) in [5.74, 6) is 0.694. The average molecular weight is 228 g/mol. The second kappa shape index (κ2) is 5.21. The Balaban J connectivity index is 2.20. The van der Waals surface area contributed by atoms with Gasteiger partial charge in [-0.1, -0.05) is 0 Å². The molecule has 0 aliphatic heterocycles. The van der Waals surface area contributed by atoms with Crippen LogP contribution in [0.3, 0.4) is 0 Å². The quantitative estimate of drug-likeness (QED) is 0.752. The number of hydrogen-bond acceptors (Lipinski definition) is 4. The first-order valence-electron chi connectivity index (χ1n) is 5.35. The number of hydrogen-bond donors (Lipinski definition) is 0. The van der Waals surface area contributed by atoms with E-state index < -0.39 is 0 Å². The molecule has 0 amide bonds. The molecule has 0 saturated heterocycles. The highest BCUT2D eigenvalue weighted by atomic mass is 16.5. The van der Waals surface area contributed by atoms with E-state index in [-0.39, 0.29) is 5.78 Å². The SMILES string of the molecule is CCOc1ccc(C(=O)c2ccnnc2)cc1. The van der Waals surface area contributed by atoms with Crippen molar-refractivity contribution in [3.8, 4) is 5.75 Å². The molecule has 1 heterocycles. The summed E-state index contributed by atoms with van der Waals surface area (Å²) in [5.41, 5.74) is 1.14. The Hall–Kier alpha value is -2.23. The molecular weight excluding hydrogens is 216 g/mol. The number of ether oxygens (including phenoxy) is 1. The zero-order valence-electron chi connectivity index (χ0n) is 9.46. The molecule has 0 fully saturated rings. The first-order valence-corrected chi connectivity index (χ1v) is 5.35. The van der Waals surface area contributed by atoms with Crippen LogP contribution in [0.2, 0.25) is 0 Å². The van der Waals surface area contributed by atoms with Crippen molar-refractivity contribution in [1.82, 2.24) is 10.2 Å². The summed E-state index contributed by atoms with van der Waals surface area (Å²) in [6.07, 6.45) is 2.96. The van der Waals surface area contributed by atoms with Crippen molar-refractivity contribution in [3.05, 3.63) is 53.9 Å². The van der Waals surface area contributed by atoms with Crippen LogP contribution in [0, 0.1) is 0 Å². The molecule has 0 spiro atoms. The van der Waals surface area contributed by atoms with Gasteiger partial charge in [-0.3, -0.25) is 4.79 Å². The van der Waals surface area contributed by atoms with Crippen LogP contribution in [-0.4, -0.2) is 22.6 Å². The highest BCUT2D eigenvalue weighted by Crippen LogP contribution is 2.14. The minimum absolute atomic E-state index is 0.0667. The Bertz CT molecular complexity index is 495. The third-order valence-corrected chi connectivity index (χ3v) is 2.27. The third kappa shape index (κ3) is 2.66. The smallest absolute Gasteiger partial charge is 0.194 e. The Labute approximate surface area is 99.3 Å². The van der Waals surface area contributed by atoms with Crippen LogP contribution in [0.4, 0.5) is 0 Å². The van der Waals surface area contributed by atoms with Gasteiger partial charge >= 0.3 is 0 Å². The third-order valence-electron chi connectivity index (χ3n) is 2.27. The van der Waals surface area contributed by atoms with Gasteiger partial charge in [0.05, 0.1) is 19.0 Å². The van der Waals surface area contributed by atoms with Gasteiger partial charge in [-0.15, -0.1) is 0 Å². The summed E-state index contributed by atoms with van der Waals surface area (Å²) in [5, 5.41) is 7.32. The second-order valence-corrected chi connectivity index (χ2v) is 3.42. The molecule has 1 aromatic carbocycles. The maximum atomic E-state index is 12.0. The summed E-state index contributed by atoms with van der Waals surface area (Å²) >= 11 is 0. The van der Waals surface area contributed by atoms with Gasteiger partial charge in [0, 0.05) is 11.1 Å². The van der Waals surface area contributed by atoms with Gasteiger partial charge < -0.3 is 4.74 Å². The van der Waals surface area contributed by atoms with Crippen molar-refractivity contribution in [2.24, 2.45) is 0 Å². The van der Waals surface area contributed by atoms with E-state index in [0.29, 0.717) is 17.7 Å². The standard InChI is InChI=1S/C13H12N2O2/c1-2-17-12-5-3-10(4-6-12)13(16)11-7-8-14-15-9-11/h3-9H,2H2,1H3. The summed E-state index contributed by atoms with van der Waals surface area (Å²) in [4.78, 5) is 12.0. The number of carbonyl (C=O) groups excluding carboxylic acids is 1. The molecule has 0 unspecified atom stereocenters. The van der Waals surface area contributed by atoms with Gasteiger partial charge in [-0.25, -0.2) is 0 Å². The first kappa shape index (κ1) is 11.3. The average Bonchev–Trinajstić information content (AvgIpc) is 2.40. The molecule has 0 atom stereocenters. The molecule has 4 heteroatoms. The van der Waals surface area contributed by atoms with E-state index in [1.807, 2.05) is 6.92 Å². The number of aromatic nitrogens is 2. The van der Waals surface area contributed by atoms with Gasteiger partial charge in [-0.05, 0) is 37.3 Å². The van der Waals surface area contributed by atoms with Crippen LogP contribution < -0.4 is 4.74 Å². The minimum atomic E-state index is -0.0667. The van der Waals surface area contributed by atoms with E-state index in [2.05, 4.69) is 10.2 Å². The molecule has 17 heavy (non-hydrogen) atoms. The van der Waals surface area contributed by atoms with E-state index in [1.165, 1.54) is 12.4 Å². The topological polar surface area (TPSA) is 52.1 Å². The summed E-state index contributed by atoms with van der Waals surface area (Å²) in [6, 6.07) is 8.70. The fraction of sp³-hybridized carbons (Fsp3) is 0.154. The molecule has 2 aromatic rings. The lowest BCUT2D eigenvalue weighted by atomic mass is 10.1. The van der Waals surface area contributed by atoms with Crippen LogP contribution in [0.15, 0.2) is 42.7 Å². The molecular formula is C13H12N2O2. The first-order chi connectivity index (χ1) is 8.31. The maximum Gasteiger partial charge on any atom is 0.194 e. The highest BCUT2D eigenvalue weighted by molar-refractivity contribution is 6.08. The zero-order valence-corrected chi connectivity index (χ0v) is 9.46. The van der Waals surface area contributed by atoms with Gasteiger partial charge in [0.2, 0.25) is 0 Å². The Morgan fingerprint density at radius 3 is 2.47 bits per heavy atom. The van der Waals surface area contributed by atoms with Gasteiger partial charge in [0.25, 0.3) is 0 Å². The molecule has 0 radical (unpaired) electrons. The van der Waals surface area contributed by atoms with Gasteiger partial charge in [-0.2, -0.15) is 10.2 Å². The van der Waals surface area contributed by atoms with E-state index in [9.17, 15) is 4.79 Å². The van der Waals surface area contributed by atoms with Crippen molar-refractivity contribution in [2.45, 2.75) is 6.92 Å². The van der Waals surface area contributed by atoms with Crippen LogP contribution in [0.5, 0.6) is 5.75 Å². The van der Waals surface area contributed by atoms with Crippen molar-refractivity contribution < 1.29 is 9.53 Å². The van der Waals surface area contributed by atoms with Crippen LogP contribution >= 0.6 is 0 Å². The molecule has 0 bridgehead atoms. The van der Waals surface area contributed by atoms with Crippen LogP contribution in [0.25, 0.3) is 0 Å². The van der Waals surface area contributed by atoms with Gasteiger partial charge in [0.15, 0.2) is 5.78 Å². The van der Waals surface area contributed by atoms with E-state index in [1.54, 1.807) is 30.3 Å². The Kier molecular flexibility index (Phi) is 3.45. The molecule has 4 nitrogen and oxygen atoms in total. The minimum Gasteiger partial charge on any atom is -0.494 e. The largest absolute Gasteiger partial charge is 0.494 e. The number of rotatable bonds is 4. The van der Waals surface area contributed by atoms with Crippen molar-refractivity contribution in [2.75, 3.05) is 6.61 Å². The number of carbonyl (C=O) groups is 1. The van der Waals surface area contributed by atoms with E-state index >= 15 is 0 Å². The predicted octanol–water partition coefficient (Wildman–Crippen LogP) is 2.11. The van der Waals surface area contributed by atoms with E-state index in [4.69, 9.17) is 4.74 Å². The summed E-state index contributed by atoms with van der Waals surface area (Å²) in [6.45, 7) is 2.53. The van der Waals surface area contributed by atoms with E-state index in [0.717, 1.165) is 5.75 Å². The number of ketones is 1. The Morgan fingerprint density at radius 2 is 1.88 bits per heavy atom. The molecule has 1 aromatic heterocycles. The lowest BCUT2D eigenvalue weighted by Gasteiger charge is -2.04. The lowest BCUT2D eigenvalue weighted by Crippen LogP contribution is -2.02. The lowest BCUT2D eigenvalue weighted by molar-refractivity contribution is 0.103. The fourth-order valence-electron chi connectivity index (χ4n) is 1.46. The summed E-state index contributed by atoms with van der Waals surface area (Å²) < 4.78 is 5.31. The normalized spacial score (nSPS) is 9.94. The van der Waals surface area contributed by atoms with Crippen molar-refractivity contribution >= 4 is 5.78 Å².